The van der Waals surface area contributed by atoms with Gasteiger partial charge in [-0.1, -0.05) is 0 Å². The summed E-state index contributed by atoms with van der Waals surface area (Å²) < 4.78 is 1.18. The van der Waals surface area contributed by atoms with Crippen molar-refractivity contribution in [2.45, 2.75) is 12.8 Å². The number of hydrogen-bond acceptors (Lipinski definition) is 3. The molecule has 2 rings (SSSR count). The van der Waals surface area contributed by atoms with Gasteiger partial charge in [0.05, 0.1) is 11.4 Å². The van der Waals surface area contributed by atoms with Gasteiger partial charge in [-0.25, -0.2) is 0 Å². The lowest BCUT2D eigenvalue weighted by molar-refractivity contribution is 0.217. The zero-order chi connectivity index (χ0) is 12.3. The average molecular weight is 345 g/mol. The Morgan fingerprint density at radius 2 is 2.35 bits per heavy atom. The van der Waals surface area contributed by atoms with Crippen molar-refractivity contribution in [3.63, 3.8) is 0 Å². The van der Waals surface area contributed by atoms with E-state index in [0.29, 0.717) is 0 Å². The highest BCUT2D eigenvalue weighted by molar-refractivity contribution is 14.1. The van der Waals surface area contributed by atoms with Gasteiger partial charge in [-0.3, -0.25) is 0 Å². The quantitative estimate of drug-likeness (QED) is 0.654. The number of halogens is 1. The molecule has 0 aromatic heterocycles. The van der Waals surface area contributed by atoms with E-state index in [4.69, 9.17) is 5.73 Å². The van der Waals surface area contributed by atoms with E-state index in [0.717, 1.165) is 23.8 Å². The van der Waals surface area contributed by atoms with Crippen LogP contribution in [0.4, 0.5) is 11.4 Å². The average Bonchev–Trinajstić information content (AvgIpc) is 2.28. The Bertz CT molecular complexity index is 381. The van der Waals surface area contributed by atoms with Crippen LogP contribution in [0.1, 0.15) is 12.8 Å². The number of piperidine rings is 1. The maximum Gasteiger partial charge on any atom is 0.0574 e. The summed E-state index contributed by atoms with van der Waals surface area (Å²) in [6, 6.07) is 6.17. The Labute approximate surface area is 117 Å². The largest absolute Gasteiger partial charge is 0.397 e. The molecule has 17 heavy (non-hydrogen) atoms. The van der Waals surface area contributed by atoms with E-state index >= 15 is 0 Å². The van der Waals surface area contributed by atoms with Crippen LogP contribution < -0.4 is 11.1 Å². The predicted octanol–water partition coefficient (Wildman–Crippen LogP) is 2.63. The van der Waals surface area contributed by atoms with Gasteiger partial charge in [0.25, 0.3) is 0 Å². The van der Waals surface area contributed by atoms with Crippen molar-refractivity contribution in [3.8, 4) is 0 Å². The number of likely N-dealkylation sites (tertiary alicyclic amines) is 1. The van der Waals surface area contributed by atoms with Crippen LogP contribution >= 0.6 is 22.6 Å². The molecule has 3 N–H and O–H groups in total. The van der Waals surface area contributed by atoms with E-state index in [1.165, 1.54) is 29.5 Å². The van der Waals surface area contributed by atoms with E-state index in [9.17, 15) is 0 Å². The summed E-state index contributed by atoms with van der Waals surface area (Å²) in [5, 5.41) is 3.48. The molecule has 1 saturated heterocycles. The number of rotatable bonds is 3. The second-order valence-electron chi connectivity index (χ2n) is 4.88. The van der Waals surface area contributed by atoms with Gasteiger partial charge < -0.3 is 16.0 Å². The van der Waals surface area contributed by atoms with Gasteiger partial charge in [-0.2, -0.15) is 0 Å². The molecule has 1 aromatic rings. The highest BCUT2D eigenvalue weighted by Crippen LogP contribution is 2.22. The minimum atomic E-state index is 0.743. The molecule has 0 bridgehead atoms. The third-order valence-electron chi connectivity index (χ3n) is 3.32. The molecule has 1 aliphatic rings. The summed E-state index contributed by atoms with van der Waals surface area (Å²) in [4.78, 5) is 2.41. The molecule has 0 radical (unpaired) electrons. The molecule has 1 fully saturated rings. The van der Waals surface area contributed by atoms with Crippen LogP contribution in [0.15, 0.2) is 18.2 Å². The van der Waals surface area contributed by atoms with Crippen LogP contribution in [0.2, 0.25) is 0 Å². The first-order valence-electron chi connectivity index (χ1n) is 6.12. The molecule has 4 heteroatoms. The fraction of sp³-hybridized carbons (Fsp3) is 0.538. The summed E-state index contributed by atoms with van der Waals surface area (Å²) >= 11 is 2.28. The van der Waals surface area contributed by atoms with E-state index in [1.54, 1.807) is 0 Å². The molecule has 0 amide bonds. The van der Waals surface area contributed by atoms with Gasteiger partial charge in [0, 0.05) is 16.7 Å². The number of nitrogens with one attached hydrogen (secondary N) is 1. The van der Waals surface area contributed by atoms with Crippen molar-refractivity contribution in [1.29, 1.82) is 0 Å². The first-order chi connectivity index (χ1) is 8.15. The molecule has 0 spiro atoms. The third kappa shape index (κ3) is 3.74. The Hall–Kier alpha value is -0.490. The van der Waals surface area contributed by atoms with Gasteiger partial charge in [0.15, 0.2) is 0 Å². The van der Waals surface area contributed by atoms with Crippen LogP contribution in [0, 0.1) is 9.49 Å². The maximum absolute atomic E-state index is 5.99. The molecule has 0 saturated carbocycles. The van der Waals surface area contributed by atoms with Crippen molar-refractivity contribution in [2.24, 2.45) is 5.92 Å². The molecule has 0 aliphatic carbocycles. The maximum atomic E-state index is 5.99. The summed E-state index contributed by atoms with van der Waals surface area (Å²) in [6.45, 7) is 3.45. The van der Waals surface area contributed by atoms with Crippen molar-refractivity contribution in [1.82, 2.24) is 4.90 Å². The molecule has 94 valence electrons. The molecule has 1 heterocycles. The lowest BCUT2D eigenvalue weighted by atomic mass is 9.98. The second kappa shape index (κ2) is 5.91. The van der Waals surface area contributed by atoms with Crippen LogP contribution in [0.5, 0.6) is 0 Å². The SMILES string of the molecule is CN1CCCC(CNc2ccc(I)cc2N)C1. The van der Waals surface area contributed by atoms with Crippen molar-refractivity contribution >= 4 is 34.0 Å². The Morgan fingerprint density at radius 1 is 1.53 bits per heavy atom. The predicted molar refractivity (Wildman–Crippen MR) is 82.3 cm³/mol. The molecular weight excluding hydrogens is 325 g/mol. The van der Waals surface area contributed by atoms with Gasteiger partial charge >= 0.3 is 0 Å². The molecular formula is C13H20IN3. The highest BCUT2D eigenvalue weighted by Gasteiger charge is 2.16. The monoisotopic (exact) mass is 345 g/mol. The van der Waals surface area contributed by atoms with E-state index in [1.807, 2.05) is 6.07 Å². The lowest BCUT2D eigenvalue weighted by Crippen LogP contribution is -2.35. The Balaban J connectivity index is 1.88. The molecule has 1 atom stereocenters. The van der Waals surface area contributed by atoms with Gasteiger partial charge in [0.2, 0.25) is 0 Å². The number of nitrogen functional groups attached to an aromatic ring is 1. The summed E-state index contributed by atoms with van der Waals surface area (Å²) in [7, 11) is 2.20. The fourth-order valence-electron chi connectivity index (χ4n) is 2.39. The minimum Gasteiger partial charge on any atom is -0.397 e. The zero-order valence-electron chi connectivity index (χ0n) is 10.2. The van der Waals surface area contributed by atoms with Crippen LogP contribution in [0.25, 0.3) is 0 Å². The zero-order valence-corrected chi connectivity index (χ0v) is 12.4. The lowest BCUT2D eigenvalue weighted by Gasteiger charge is -2.30. The number of nitrogens with zero attached hydrogens (tertiary/aromatic N) is 1. The molecule has 1 aliphatic heterocycles. The van der Waals surface area contributed by atoms with E-state index < -0.39 is 0 Å². The molecule has 1 unspecified atom stereocenters. The van der Waals surface area contributed by atoms with Crippen molar-refractivity contribution in [3.05, 3.63) is 21.8 Å². The number of hydrogen-bond donors (Lipinski definition) is 2. The standard InChI is InChI=1S/C13H20IN3/c1-17-6-2-3-10(9-17)8-16-13-5-4-11(14)7-12(13)15/h4-5,7,10,16H,2-3,6,8-9,15H2,1H3. The van der Waals surface area contributed by atoms with E-state index in [-0.39, 0.29) is 0 Å². The normalized spacial score (nSPS) is 21.4. The fourth-order valence-corrected chi connectivity index (χ4v) is 2.90. The number of benzene rings is 1. The van der Waals surface area contributed by atoms with Crippen LogP contribution in [0.3, 0.4) is 0 Å². The first kappa shape index (κ1) is 13.0. The van der Waals surface area contributed by atoms with Crippen molar-refractivity contribution < 1.29 is 0 Å². The summed E-state index contributed by atoms with van der Waals surface area (Å²) in [5.74, 6) is 0.743. The second-order valence-corrected chi connectivity index (χ2v) is 6.13. The molecule has 3 nitrogen and oxygen atoms in total. The Morgan fingerprint density at radius 3 is 3.06 bits per heavy atom. The first-order valence-corrected chi connectivity index (χ1v) is 7.20. The van der Waals surface area contributed by atoms with Gasteiger partial charge in [-0.15, -0.1) is 0 Å². The summed E-state index contributed by atoms with van der Waals surface area (Å²) in [5.41, 5.74) is 7.90. The summed E-state index contributed by atoms with van der Waals surface area (Å²) in [6.07, 6.45) is 2.63. The smallest absolute Gasteiger partial charge is 0.0574 e. The van der Waals surface area contributed by atoms with Crippen LogP contribution in [-0.4, -0.2) is 31.6 Å². The van der Waals surface area contributed by atoms with Gasteiger partial charge in [0.1, 0.15) is 0 Å². The number of nitrogens with two attached hydrogens (primary N) is 1. The Kier molecular flexibility index (Phi) is 4.50. The highest BCUT2D eigenvalue weighted by atomic mass is 127. The number of anilines is 2. The van der Waals surface area contributed by atoms with Gasteiger partial charge in [-0.05, 0) is 73.1 Å². The topological polar surface area (TPSA) is 41.3 Å². The van der Waals surface area contributed by atoms with E-state index in [2.05, 4.69) is 52.0 Å². The van der Waals surface area contributed by atoms with Crippen molar-refractivity contribution in [2.75, 3.05) is 37.7 Å². The third-order valence-corrected chi connectivity index (χ3v) is 3.99. The minimum absolute atomic E-state index is 0.743. The molecule has 1 aromatic carbocycles. The van der Waals surface area contributed by atoms with Crippen LogP contribution in [-0.2, 0) is 0 Å².